The Bertz CT molecular complexity index is 568. The van der Waals surface area contributed by atoms with Crippen molar-refractivity contribution in [2.45, 2.75) is 26.1 Å². The largest absolute Gasteiger partial charge is 0.391 e. The molecule has 3 N–H and O–H groups in total. The van der Waals surface area contributed by atoms with Crippen LogP contribution in [0.15, 0.2) is 18.2 Å². The van der Waals surface area contributed by atoms with E-state index in [0.717, 1.165) is 31.2 Å². The highest BCUT2D eigenvalue weighted by Gasteiger charge is 2.68. The molecule has 0 atom stereocenters. The second-order valence-corrected chi connectivity index (χ2v) is 8.68. The number of aliphatic hydroxyl groups is 1. The summed E-state index contributed by atoms with van der Waals surface area (Å²) in [7, 11) is 0. The summed E-state index contributed by atoms with van der Waals surface area (Å²) in [4.78, 5) is 3.11. The van der Waals surface area contributed by atoms with Gasteiger partial charge in [0.15, 0.2) is 0 Å². The zero-order valence-corrected chi connectivity index (χ0v) is 13.9. The van der Waals surface area contributed by atoms with Crippen LogP contribution in [-0.2, 0) is 0 Å². The summed E-state index contributed by atoms with van der Waals surface area (Å²) in [5, 5.41) is 12.2. The van der Waals surface area contributed by atoms with Gasteiger partial charge in [-0.1, -0.05) is 23.2 Å². The monoisotopic (exact) mass is 328 g/mol. The summed E-state index contributed by atoms with van der Waals surface area (Å²) in [5.74, 6) is 0. The van der Waals surface area contributed by atoms with E-state index < -0.39 is 0 Å². The molecule has 4 bridgehead atoms. The van der Waals surface area contributed by atoms with Gasteiger partial charge in [-0.15, -0.1) is 0 Å². The molecule has 0 amide bonds. The lowest BCUT2D eigenvalue weighted by molar-refractivity contribution is -1.19. The van der Waals surface area contributed by atoms with Crippen molar-refractivity contribution in [3.8, 4) is 0 Å². The number of hydrogen-bond acceptors (Lipinski definition) is 1. The van der Waals surface area contributed by atoms with Gasteiger partial charge in [-0.25, -0.2) is 0 Å². The lowest BCUT2D eigenvalue weighted by Crippen LogP contribution is -3.41. The van der Waals surface area contributed by atoms with Gasteiger partial charge in [0.05, 0.1) is 53.7 Å². The van der Waals surface area contributed by atoms with E-state index in [1.54, 1.807) is 9.80 Å². The number of rotatable bonds is 1. The summed E-state index contributed by atoms with van der Waals surface area (Å²) < 4.78 is 0. The Morgan fingerprint density at radius 2 is 1.57 bits per heavy atom. The van der Waals surface area contributed by atoms with Crippen molar-refractivity contribution in [1.29, 1.82) is 0 Å². The van der Waals surface area contributed by atoms with Crippen LogP contribution in [0.5, 0.6) is 0 Å². The SMILES string of the molecule is CC12C[NH+]3CC(C)(C[NH+](C1)C3c1ccc(Cl)cc1Cl)C2O. The summed E-state index contributed by atoms with van der Waals surface area (Å²) >= 11 is 12.5. The minimum Gasteiger partial charge on any atom is -0.391 e. The van der Waals surface area contributed by atoms with E-state index in [4.69, 9.17) is 23.2 Å². The number of piperidine rings is 2. The summed E-state index contributed by atoms with van der Waals surface area (Å²) in [5.41, 5.74) is 1.27. The van der Waals surface area contributed by atoms with Crippen LogP contribution < -0.4 is 9.80 Å². The molecule has 1 aromatic rings. The predicted molar refractivity (Wildman–Crippen MR) is 82.8 cm³/mol. The van der Waals surface area contributed by atoms with Gasteiger partial charge in [0.1, 0.15) is 0 Å². The molecular weight excluding hydrogens is 307 g/mol. The van der Waals surface area contributed by atoms with Crippen LogP contribution in [0.4, 0.5) is 0 Å². The van der Waals surface area contributed by atoms with E-state index in [-0.39, 0.29) is 16.9 Å². The lowest BCUT2D eigenvalue weighted by Gasteiger charge is -2.62. The first-order chi connectivity index (χ1) is 9.82. The molecule has 1 aromatic carbocycles. The van der Waals surface area contributed by atoms with Crippen molar-refractivity contribution in [2.24, 2.45) is 10.8 Å². The van der Waals surface area contributed by atoms with Crippen LogP contribution in [0, 0.1) is 10.8 Å². The normalized spacial score (nSPS) is 47.9. The van der Waals surface area contributed by atoms with Gasteiger partial charge in [-0.3, -0.25) is 9.80 Å². The molecule has 0 aliphatic carbocycles. The van der Waals surface area contributed by atoms with Crippen molar-refractivity contribution in [2.75, 3.05) is 26.2 Å². The molecule has 4 heterocycles. The second kappa shape index (κ2) is 4.36. The number of halogens is 2. The Kier molecular flexibility index (Phi) is 2.97. The molecule has 0 saturated carbocycles. The Labute approximate surface area is 135 Å². The van der Waals surface area contributed by atoms with Gasteiger partial charge in [-0.05, 0) is 32.0 Å². The zero-order valence-electron chi connectivity index (χ0n) is 12.4. The Hall–Kier alpha value is -0.320. The maximum atomic E-state index is 10.7. The topological polar surface area (TPSA) is 29.1 Å². The molecule has 21 heavy (non-hydrogen) atoms. The smallest absolute Gasteiger partial charge is 0.241 e. The molecule has 5 heteroatoms. The van der Waals surface area contributed by atoms with Gasteiger partial charge in [-0.2, -0.15) is 0 Å². The standard InChI is InChI=1S/C16H20Cl2N2O/c1-15-6-19-8-16(2,14(15)21)9-20(7-15)13(19)11-4-3-10(17)5-12(11)18/h3-5,13-14,21H,6-9H2,1-2H3/p+2. The minimum absolute atomic E-state index is 0.0331. The maximum Gasteiger partial charge on any atom is 0.241 e. The number of benzene rings is 1. The molecule has 4 aliphatic heterocycles. The molecular formula is C16H22Cl2N2O+2. The molecule has 4 fully saturated rings. The first-order valence-electron chi connectivity index (χ1n) is 7.65. The van der Waals surface area contributed by atoms with Crippen molar-refractivity contribution in [1.82, 2.24) is 0 Å². The predicted octanol–water partition coefficient (Wildman–Crippen LogP) is 0.176. The molecule has 0 spiro atoms. The Morgan fingerprint density at radius 3 is 2.05 bits per heavy atom. The highest BCUT2D eigenvalue weighted by Crippen LogP contribution is 2.40. The quantitative estimate of drug-likeness (QED) is 0.674. The van der Waals surface area contributed by atoms with Crippen LogP contribution in [0.2, 0.25) is 10.0 Å². The van der Waals surface area contributed by atoms with E-state index in [1.807, 2.05) is 12.1 Å². The lowest BCUT2D eigenvalue weighted by atomic mass is 9.60. The second-order valence-electron chi connectivity index (χ2n) is 7.83. The van der Waals surface area contributed by atoms with Gasteiger partial charge < -0.3 is 5.11 Å². The van der Waals surface area contributed by atoms with Gasteiger partial charge in [0, 0.05) is 5.02 Å². The molecule has 0 unspecified atom stereocenters. The average Bonchev–Trinajstić information content (AvgIpc) is 2.36. The van der Waals surface area contributed by atoms with Crippen LogP contribution in [0.25, 0.3) is 0 Å². The molecule has 5 rings (SSSR count). The van der Waals surface area contributed by atoms with Crippen molar-refractivity contribution >= 4 is 23.2 Å². The maximum absolute atomic E-state index is 10.7. The van der Waals surface area contributed by atoms with Crippen molar-refractivity contribution < 1.29 is 14.9 Å². The van der Waals surface area contributed by atoms with Gasteiger partial charge in [0.2, 0.25) is 6.17 Å². The van der Waals surface area contributed by atoms with Crippen LogP contribution in [0.1, 0.15) is 25.6 Å². The highest BCUT2D eigenvalue weighted by molar-refractivity contribution is 6.35. The third-order valence-corrected chi connectivity index (χ3v) is 6.50. The Balaban J connectivity index is 1.75. The first-order valence-corrected chi connectivity index (χ1v) is 8.40. The Morgan fingerprint density at radius 1 is 1.05 bits per heavy atom. The first kappa shape index (κ1) is 14.3. The molecule has 4 aliphatic rings. The third kappa shape index (κ3) is 1.91. The fraction of sp³-hybridized carbons (Fsp3) is 0.625. The number of aliphatic hydroxyl groups excluding tert-OH is 1. The molecule has 3 nitrogen and oxygen atoms in total. The van der Waals surface area contributed by atoms with Crippen LogP contribution in [0.3, 0.4) is 0 Å². The summed E-state index contributed by atoms with van der Waals surface area (Å²) in [6, 6.07) is 5.87. The molecule has 0 aromatic heterocycles. The third-order valence-electron chi connectivity index (χ3n) is 5.93. The van der Waals surface area contributed by atoms with Gasteiger partial charge in [0.25, 0.3) is 0 Å². The van der Waals surface area contributed by atoms with Crippen molar-refractivity contribution in [3.05, 3.63) is 33.8 Å². The number of hydrogen-bond donors (Lipinski definition) is 3. The van der Waals surface area contributed by atoms with E-state index in [2.05, 4.69) is 19.9 Å². The van der Waals surface area contributed by atoms with E-state index in [9.17, 15) is 5.11 Å². The van der Waals surface area contributed by atoms with Crippen LogP contribution in [-0.4, -0.2) is 37.4 Å². The van der Waals surface area contributed by atoms with E-state index in [1.165, 1.54) is 5.56 Å². The van der Waals surface area contributed by atoms with E-state index >= 15 is 0 Å². The van der Waals surface area contributed by atoms with Gasteiger partial charge >= 0.3 is 0 Å². The van der Waals surface area contributed by atoms with Crippen molar-refractivity contribution in [3.63, 3.8) is 0 Å². The minimum atomic E-state index is -0.181. The highest BCUT2D eigenvalue weighted by atomic mass is 35.5. The zero-order chi connectivity index (χ0) is 15.0. The number of nitrogens with one attached hydrogen (secondary N) is 2. The fourth-order valence-corrected chi connectivity index (χ4v) is 5.94. The average molecular weight is 329 g/mol. The number of quaternary nitrogens is 2. The molecule has 0 radical (unpaired) electrons. The van der Waals surface area contributed by atoms with E-state index in [0.29, 0.717) is 11.2 Å². The summed E-state index contributed by atoms with van der Waals surface area (Å²) in [6.07, 6.45) is 0.197. The summed E-state index contributed by atoms with van der Waals surface area (Å²) in [6.45, 7) is 8.59. The fourth-order valence-electron chi connectivity index (χ4n) is 5.43. The molecule has 4 saturated heterocycles. The van der Waals surface area contributed by atoms with Crippen LogP contribution >= 0.6 is 23.2 Å². The molecule has 114 valence electrons.